The summed E-state index contributed by atoms with van der Waals surface area (Å²) in [6.07, 6.45) is 5.24. The number of pyridine rings is 1. The molecular weight excluding hydrogens is 312 g/mol. The maximum Gasteiger partial charge on any atom is 0.213 e. The Morgan fingerprint density at radius 1 is 1.20 bits per heavy atom. The summed E-state index contributed by atoms with van der Waals surface area (Å²) < 4.78 is 5.75. The fourth-order valence-corrected chi connectivity index (χ4v) is 2.53. The molecule has 1 aromatic carbocycles. The highest BCUT2D eigenvalue weighted by molar-refractivity contribution is 5.83. The number of benzene rings is 1. The highest BCUT2D eigenvalue weighted by Crippen LogP contribution is 2.27. The molecule has 0 unspecified atom stereocenters. The summed E-state index contributed by atoms with van der Waals surface area (Å²) in [5, 5.41) is 1.03. The SMILES string of the molecule is C=C(C)N(C)CCOc1cc(C)c(-c2ccc3cncnc3c2)cn1. The molecule has 0 fully saturated rings. The van der Waals surface area contributed by atoms with Crippen LogP contribution in [0.4, 0.5) is 0 Å². The summed E-state index contributed by atoms with van der Waals surface area (Å²) in [5.41, 5.74) is 5.22. The van der Waals surface area contributed by atoms with Crippen LogP contribution < -0.4 is 4.74 Å². The minimum absolute atomic E-state index is 0.571. The molecule has 0 aliphatic carbocycles. The average molecular weight is 334 g/mol. The number of rotatable bonds is 6. The van der Waals surface area contributed by atoms with Gasteiger partial charge in [0.1, 0.15) is 12.9 Å². The molecule has 0 spiro atoms. The molecule has 0 saturated carbocycles. The molecule has 0 amide bonds. The summed E-state index contributed by atoms with van der Waals surface area (Å²) in [6.45, 7) is 9.30. The Balaban J connectivity index is 1.75. The van der Waals surface area contributed by atoms with E-state index in [-0.39, 0.29) is 0 Å². The van der Waals surface area contributed by atoms with Gasteiger partial charge in [-0.05, 0) is 31.0 Å². The van der Waals surface area contributed by atoms with Crippen LogP contribution in [-0.4, -0.2) is 40.1 Å². The zero-order chi connectivity index (χ0) is 17.8. The van der Waals surface area contributed by atoms with Crippen LogP contribution in [0.5, 0.6) is 5.88 Å². The molecule has 2 heterocycles. The number of allylic oxidation sites excluding steroid dienone is 1. The molecule has 2 aromatic heterocycles. The van der Waals surface area contributed by atoms with Crippen LogP contribution in [0.15, 0.2) is 55.3 Å². The van der Waals surface area contributed by atoms with E-state index in [1.807, 2.05) is 38.5 Å². The number of aromatic nitrogens is 3. The van der Waals surface area contributed by atoms with E-state index in [0.29, 0.717) is 12.5 Å². The number of likely N-dealkylation sites (N-methyl/N-ethyl adjacent to an activating group) is 1. The molecular formula is C20H22N4O. The Morgan fingerprint density at radius 2 is 2.04 bits per heavy atom. The predicted molar refractivity (Wildman–Crippen MR) is 100 cm³/mol. The van der Waals surface area contributed by atoms with Crippen LogP contribution in [0, 0.1) is 6.92 Å². The first kappa shape index (κ1) is 16.9. The van der Waals surface area contributed by atoms with E-state index in [4.69, 9.17) is 4.74 Å². The first-order chi connectivity index (χ1) is 12.0. The molecule has 5 heteroatoms. The lowest BCUT2D eigenvalue weighted by Crippen LogP contribution is -2.22. The number of fused-ring (bicyclic) bond motifs is 1. The second-order valence-corrected chi connectivity index (χ2v) is 6.14. The van der Waals surface area contributed by atoms with Crippen LogP contribution >= 0.6 is 0 Å². The van der Waals surface area contributed by atoms with E-state index < -0.39 is 0 Å². The van der Waals surface area contributed by atoms with E-state index in [1.165, 1.54) is 0 Å². The van der Waals surface area contributed by atoms with Crippen molar-refractivity contribution in [2.45, 2.75) is 13.8 Å². The van der Waals surface area contributed by atoms with Gasteiger partial charge in [-0.25, -0.2) is 15.0 Å². The third-order valence-corrected chi connectivity index (χ3v) is 4.23. The van der Waals surface area contributed by atoms with Crippen molar-refractivity contribution >= 4 is 10.9 Å². The molecule has 0 bridgehead atoms. The van der Waals surface area contributed by atoms with Gasteiger partial charge in [-0.1, -0.05) is 18.7 Å². The largest absolute Gasteiger partial charge is 0.476 e. The quantitative estimate of drug-likeness (QED) is 0.685. The summed E-state index contributed by atoms with van der Waals surface area (Å²) >= 11 is 0. The normalized spacial score (nSPS) is 10.7. The van der Waals surface area contributed by atoms with Crippen molar-refractivity contribution in [1.82, 2.24) is 19.9 Å². The van der Waals surface area contributed by atoms with E-state index in [1.54, 1.807) is 6.33 Å². The van der Waals surface area contributed by atoms with Gasteiger partial charge < -0.3 is 9.64 Å². The van der Waals surface area contributed by atoms with Gasteiger partial charge in [0.25, 0.3) is 0 Å². The van der Waals surface area contributed by atoms with Gasteiger partial charge >= 0.3 is 0 Å². The number of ether oxygens (including phenoxy) is 1. The van der Waals surface area contributed by atoms with Gasteiger partial charge in [-0.15, -0.1) is 0 Å². The summed E-state index contributed by atoms with van der Waals surface area (Å²) in [5.74, 6) is 0.638. The van der Waals surface area contributed by atoms with E-state index >= 15 is 0 Å². The summed E-state index contributed by atoms with van der Waals surface area (Å²) in [4.78, 5) is 14.9. The van der Waals surface area contributed by atoms with Gasteiger partial charge in [-0.2, -0.15) is 0 Å². The Bertz CT molecular complexity index is 907. The third kappa shape index (κ3) is 3.94. The lowest BCUT2D eigenvalue weighted by Gasteiger charge is -2.18. The minimum atomic E-state index is 0.571. The topological polar surface area (TPSA) is 51.1 Å². The molecule has 5 nitrogen and oxygen atoms in total. The Labute approximate surface area is 148 Å². The highest BCUT2D eigenvalue weighted by atomic mass is 16.5. The van der Waals surface area contributed by atoms with Crippen LogP contribution in [0.2, 0.25) is 0 Å². The highest BCUT2D eigenvalue weighted by Gasteiger charge is 2.07. The molecule has 128 valence electrons. The fourth-order valence-electron chi connectivity index (χ4n) is 2.53. The molecule has 0 atom stereocenters. The van der Waals surface area contributed by atoms with Crippen molar-refractivity contribution in [3.8, 4) is 17.0 Å². The smallest absolute Gasteiger partial charge is 0.213 e. The molecule has 0 N–H and O–H groups in total. The van der Waals surface area contributed by atoms with Gasteiger partial charge in [-0.3, -0.25) is 0 Å². The zero-order valence-electron chi connectivity index (χ0n) is 14.9. The lowest BCUT2D eigenvalue weighted by atomic mass is 10.0. The van der Waals surface area contributed by atoms with E-state index in [9.17, 15) is 0 Å². The van der Waals surface area contributed by atoms with Crippen LogP contribution in [0.3, 0.4) is 0 Å². The second kappa shape index (κ2) is 7.30. The molecule has 0 saturated heterocycles. The molecule has 3 rings (SSSR count). The third-order valence-electron chi connectivity index (χ3n) is 4.23. The van der Waals surface area contributed by atoms with Gasteiger partial charge in [0.15, 0.2) is 0 Å². The minimum Gasteiger partial charge on any atom is -0.476 e. The van der Waals surface area contributed by atoms with Crippen molar-refractivity contribution in [2.75, 3.05) is 20.2 Å². The first-order valence-corrected chi connectivity index (χ1v) is 8.21. The van der Waals surface area contributed by atoms with Gasteiger partial charge in [0.2, 0.25) is 5.88 Å². The van der Waals surface area contributed by atoms with Crippen molar-refractivity contribution in [2.24, 2.45) is 0 Å². The standard InChI is InChI=1S/C20H22N4O/c1-14(2)24(4)7-8-25-20-9-15(3)18(12-22-20)16-5-6-17-11-21-13-23-19(17)10-16/h5-6,9-13H,1,7-8H2,2-4H3. The van der Waals surface area contributed by atoms with E-state index in [2.05, 4.69) is 45.5 Å². The molecule has 25 heavy (non-hydrogen) atoms. The van der Waals surface area contributed by atoms with Crippen molar-refractivity contribution in [1.29, 1.82) is 0 Å². The van der Waals surface area contributed by atoms with Crippen molar-refractivity contribution in [3.05, 3.63) is 60.8 Å². The molecule has 0 aliphatic rings. The Hall–Kier alpha value is -2.95. The van der Waals surface area contributed by atoms with Crippen molar-refractivity contribution in [3.63, 3.8) is 0 Å². The van der Waals surface area contributed by atoms with Crippen molar-refractivity contribution < 1.29 is 4.74 Å². The monoisotopic (exact) mass is 334 g/mol. The number of hydrogen-bond donors (Lipinski definition) is 0. The fraction of sp³-hybridized carbons (Fsp3) is 0.250. The first-order valence-electron chi connectivity index (χ1n) is 8.21. The molecule has 3 aromatic rings. The summed E-state index contributed by atoms with van der Waals surface area (Å²) in [7, 11) is 2.00. The maximum absolute atomic E-state index is 5.75. The van der Waals surface area contributed by atoms with Gasteiger partial charge in [0.05, 0.1) is 12.1 Å². The average Bonchev–Trinajstić information content (AvgIpc) is 2.61. The van der Waals surface area contributed by atoms with Gasteiger partial charge in [0, 0.05) is 42.2 Å². The van der Waals surface area contributed by atoms with Crippen LogP contribution in [-0.2, 0) is 0 Å². The lowest BCUT2D eigenvalue weighted by molar-refractivity contribution is 0.257. The second-order valence-electron chi connectivity index (χ2n) is 6.14. The Morgan fingerprint density at radius 3 is 2.80 bits per heavy atom. The number of aryl methyl sites for hydroxylation is 1. The molecule has 0 aliphatic heterocycles. The van der Waals surface area contributed by atoms with Crippen LogP contribution in [0.25, 0.3) is 22.0 Å². The number of nitrogens with zero attached hydrogens (tertiary/aromatic N) is 4. The number of hydrogen-bond acceptors (Lipinski definition) is 5. The Kier molecular flexibility index (Phi) is 4.93. The van der Waals surface area contributed by atoms with Crippen LogP contribution in [0.1, 0.15) is 12.5 Å². The molecule has 0 radical (unpaired) electrons. The summed E-state index contributed by atoms with van der Waals surface area (Å²) in [6, 6.07) is 8.13. The van der Waals surface area contributed by atoms with E-state index in [0.717, 1.165) is 39.8 Å². The zero-order valence-corrected chi connectivity index (χ0v) is 14.9. The predicted octanol–water partition coefficient (Wildman–Crippen LogP) is 3.84. The maximum atomic E-state index is 5.75.